The molecule has 0 N–H and O–H groups in total. The van der Waals surface area contributed by atoms with E-state index in [1.54, 1.807) is 19.2 Å². The maximum absolute atomic E-state index is 8.77. The Hall–Kier alpha value is -2.51. The molecular formula is C20H24N2O2. The molecule has 2 aromatic carbocycles. The van der Waals surface area contributed by atoms with Crippen molar-refractivity contribution in [2.75, 3.05) is 27.3 Å². The summed E-state index contributed by atoms with van der Waals surface area (Å²) in [6, 6.07) is 15.6. The summed E-state index contributed by atoms with van der Waals surface area (Å²) in [4.78, 5) is 2.28. The minimum absolute atomic E-state index is 0.650. The van der Waals surface area contributed by atoms with Gasteiger partial charge < -0.3 is 14.4 Å². The van der Waals surface area contributed by atoms with Gasteiger partial charge in [-0.05, 0) is 61.9 Å². The highest BCUT2D eigenvalue weighted by Crippen LogP contribution is 2.19. The fourth-order valence-electron chi connectivity index (χ4n) is 2.58. The largest absolute Gasteiger partial charge is 0.496 e. The van der Waals surface area contributed by atoms with Crippen molar-refractivity contribution in [3.63, 3.8) is 0 Å². The highest BCUT2D eigenvalue weighted by Gasteiger charge is 2.04. The standard InChI is InChI=1S/C20H24N2O2/c1-16-13-18(7-10-20(16)23-3)15-22(2)11-4-12-24-19-8-5-17(14-21)6-9-19/h5-10,13H,4,11-12,15H2,1-3H3. The minimum Gasteiger partial charge on any atom is -0.496 e. The van der Waals surface area contributed by atoms with E-state index in [0.29, 0.717) is 12.2 Å². The molecule has 0 spiro atoms. The quantitative estimate of drug-likeness (QED) is 0.693. The summed E-state index contributed by atoms with van der Waals surface area (Å²) in [7, 11) is 3.81. The highest BCUT2D eigenvalue weighted by atomic mass is 16.5. The molecule has 0 radical (unpaired) electrons. The van der Waals surface area contributed by atoms with Gasteiger partial charge in [0.25, 0.3) is 0 Å². The summed E-state index contributed by atoms with van der Waals surface area (Å²) in [6.07, 6.45) is 0.950. The molecule has 126 valence electrons. The average Bonchev–Trinajstić information content (AvgIpc) is 2.59. The molecule has 0 atom stereocenters. The number of hydrogen-bond acceptors (Lipinski definition) is 4. The maximum atomic E-state index is 8.77. The van der Waals surface area contributed by atoms with Gasteiger partial charge in [-0.15, -0.1) is 0 Å². The molecule has 0 heterocycles. The van der Waals surface area contributed by atoms with Crippen molar-refractivity contribution < 1.29 is 9.47 Å². The first-order valence-electron chi connectivity index (χ1n) is 8.07. The fraction of sp³-hybridized carbons (Fsp3) is 0.350. The van der Waals surface area contributed by atoms with Crippen molar-refractivity contribution in [1.29, 1.82) is 5.26 Å². The van der Waals surface area contributed by atoms with Crippen LogP contribution in [0, 0.1) is 18.3 Å². The zero-order chi connectivity index (χ0) is 17.4. The Bertz CT molecular complexity index is 690. The van der Waals surface area contributed by atoms with Crippen LogP contribution < -0.4 is 9.47 Å². The molecule has 0 saturated carbocycles. The number of methoxy groups -OCH3 is 1. The molecule has 24 heavy (non-hydrogen) atoms. The van der Waals surface area contributed by atoms with Crippen LogP contribution in [-0.2, 0) is 6.54 Å². The Labute approximate surface area is 144 Å². The maximum Gasteiger partial charge on any atom is 0.121 e. The average molecular weight is 324 g/mol. The van der Waals surface area contributed by atoms with Crippen molar-refractivity contribution in [2.45, 2.75) is 19.9 Å². The number of nitriles is 1. The first-order chi connectivity index (χ1) is 11.6. The summed E-state index contributed by atoms with van der Waals surface area (Å²) in [5.74, 6) is 1.74. The van der Waals surface area contributed by atoms with Crippen LogP contribution in [0.2, 0.25) is 0 Å². The van der Waals surface area contributed by atoms with Gasteiger partial charge >= 0.3 is 0 Å². The van der Waals surface area contributed by atoms with Gasteiger partial charge in [-0.3, -0.25) is 0 Å². The lowest BCUT2D eigenvalue weighted by Gasteiger charge is -2.17. The lowest BCUT2D eigenvalue weighted by Crippen LogP contribution is -2.20. The van der Waals surface area contributed by atoms with Crippen LogP contribution in [0.15, 0.2) is 42.5 Å². The monoisotopic (exact) mass is 324 g/mol. The van der Waals surface area contributed by atoms with Gasteiger partial charge in [0.15, 0.2) is 0 Å². The molecule has 2 aromatic rings. The van der Waals surface area contributed by atoms with Crippen LogP contribution in [0.25, 0.3) is 0 Å². The second kappa shape index (κ2) is 8.95. The van der Waals surface area contributed by atoms with Crippen molar-refractivity contribution >= 4 is 0 Å². The number of ether oxygens (including phenoxy) is 2. The first-order valence-corrected chi connectivity index (χ1v) is 8.07. The van der Waals surface area contributed by atoms with E-state index in [4.69, 9.17) is 14.7 Å². The molecule has 4 nitrogen and oxygen atoms in total. The molecule has 0 saturated heterocycles. The second-order valence-corrected chi connectivity index (χ2v) is 5.88. The lowest BCUT2D eigenvalue weighted by atomic mass is 10.1. The van der Waals surface area contributed by atoms with Gasteiger partial charge in [-0.25, -0.2) is 0 Å². The SMILES string of the molecule is COc1ccc(CN(C)CCCOc2ccc(C#N)cc2)cc1C. The van der Waals surface area contributed by atoms with E-state index in [1.165, 1.54) is 5.56 Å². The molecule has 2 rings (SSSR count). The van der Waals surface area contributed by atoms with E-state index in [1.807, 2.05) is 18.2 Å². The van der Waals surface area contributed by atoms with Gasteiger partial charge in [0.05, 0.1) is 25.3 Å². The van der Waals surface area contributed by atoms with Crippen molar-refractivity contribution in [1.82, 2.24) is 4.90 Å². The van der Waals surface area contributed by atoms with Crippen molar-refractivity contribution in [2.24, 2.45) is 0 Å². The third kappa shape index (κ3) is 5.29. The Balaban J connectivity index is 1.72. The van der Waals surface area contributed by atoms with Gasteiger partial charge in [-0.1, -0.05) is 12.1 Å². The molecule has 0 aliphatic rings. The van der Waals surface area contributed by atoms with E-state index in [0.717, 1.165) is 36.6 Å². The molecule has 0 amide bonds. The summed E-state index contributed by atoms with van der Waals surface area (Å²) in [5, 5.41) is 8.77. The predicted octanol–water partition coefficient (Wildman–Crippen LogP) is 3.78. The van der Waals surface area contributed by atoms with Crippen molar-refractivity contribution in [3.05, 3.63) is 59.2 Å². The van der Waals surface area contributed by atoms with Crippen LogP contribution in [0.1, 0.15) is 23.1 Å². The van der Waals surface area contributed by atoms with Crippen LogP contribution in [-0.4, -0.2) is 32.2 Å². The van der Waals surface area contributed by atoms with E-state index < -0.39 is 0 Å². The topological polar surface area (TPSA) is 45.5 Å². The summed E-state index contributed by atoms with van der Waals surface area (Å²) < 4.78 is 11.0. The van der Waals surface area contributed by atoms with E-state index in [-0.39, 0.29) is 0 Å². The Morgan fingerprint density at radius 2 is 1.88 bits per heavy atom. The molecule has 0 fully saturated rings. The minimum atomic E-state index is 0.650. The normalized spacial score (nSPS) is 10.5. The van der Waals surface area contributed by atoms with E-state index in [9.17, 15) is 0 Å². The Morgan fingerprint density at radius 3 is 2.50 bits per heavy atom. The smallest absolute Gasteiger partial charge is 0.121 e. The third-order valence-electron chi connectivity index (χ3n) is 3.85. The third-order valence-corrected chi connectivity index (χ3v) is 3.85. The molecular weight excluding hydrogens is 300 g/mol. The molecule has 4 heteroatoms. The Kier molecular flexibility index (Phi) is 6.65. The number of aryl methyl sites for hydroxylation is 1. The van der Waals surface area contributed by atoms with Gasteiger partial charge in [0, 0.05) is 13.1 Å². The van der Waals surface area contributed by atoms with Crippen LogP contribution in [0.3, 0.4) is 0 Å². The molecule has 0 bridgehead atoms. The number of nitrogens with zero attached hydrogens (tertiary/aromatic N) is 2. The van der Waals surface area contributed by atoms with Crippen LogP contribution in [0.4, 0.5) is 0 Å². The summed E-state index contributed by atoms with van der Waals surface area (Å²) in [6.45, 7) is 4.59. The Morgan fingerprint density at radius 1 is 1.12 bits per heavy atom. The van der Waals surface area contributed by atoms with Gasteiger partial charge in [0.2, 0.25) is 0 Å². The van der Waals surface area contributed by atoms with Gasteiger partial charge in [0.1, 0.15) is 11.5 Å². The predicted molar refractivity (Wildman–Crippen MR) is 95.3 cm³/mol. The van der Waals surface area contributed by atoms with Crippen LogP contribution >= 0.6 is 0 Å². The van der Waals surface area contributed by atoms with E-state index >= 15 is 0 Å². The second-order valence-electron chi connectivity index (χ2n) is 5.88. The molecule has 0 aliphatic carbocycles. The fourth-order valence-corrected chi connectivity index (χ4v) is 2.58. The summed E-state index contributed by atoms with van der Waals surface area (Å²) >= 11 is 0. The molecule has 0 aliphatic heterocycles. The number of benzene rings is 2. The zero-order valence-corrected chi connectivity index (χ0v) is 14.6. The molecule has 0 aromatic heterocycles. The lowest BCUT2D eigenvalue weighted by molar-refractivity contribution is 0.258. The molecule has 0 unspecified atom stereocenters. The number of rotatable bonds is 8. The van der Waals surface area contributed by atoms with Crippen LogP contribution in [0.5, 0.6) is 11.5 Å². The highest BCUT2D eigenvalue weighted by molar-refractivity contribution is 5.36. The van der Waals surface area contributed by atoms with E-state index in [2.05, 4.69) is 37.1 Å². The van der Waals surface area contributed by atoms with Crippen molar-refractivity contribution in [3.8, 4) is 17.6 Å². The first kappa shape index (κ1) is 17.8. The zero-order valence-electron chi connectivity index (χ0n) is 14.6. The van der Waals surface area contributed by atoms with Gasteiger partial charge in [-0.2, -0.15) is 5.26 Å². The number of hydrogen-bond donors (Lipinski definition) is 0. The summed E-state index contributed by atoms with van der Waals surface area (Å²) in [5.41, 5.74) is 3.09.